The van der Waals surface area contributed by atoms with E-state index in [1.54, 1.807) is 5.32 Å². The van der Waals surface area contributed by atoms with Crippen molar-refractivity contribution in [3.8, 4) is 0 Å². The molecule has 1 aliphatic rings. The Hall–Kier alpha value is -1.27. The van der Waals surface area contributed by atoms with E-state index in [0.717, 1.165) is 0 Å². The van der Waals surface area contributed by atoms with Crippen LogP contribution in [0.1, 0.15) is 19.8 Å². The minimum Gasteiger partial charge on any atom is -0.481 e. The van der Waals surface area contributed by atoms with Gasteiger partial charge in [-0.1, -0.05) is 0 Å². The van der Waals surface area contributed by atoms with E-state index in [2.05, 4.69) is 0 Å². The van der Waals surface area contributed by atoms with Gasteiger partial charge in [0.15, 0.2) is 0 Å². The van der Waals surface area contributed by atoms with E-state index < -0.39 is 29.5 Å². The number of carbonyl (C=O) groups is 2. The van der Waals surface area contributed by atoms with E-state index in [4.69, 9.17) is 5.11 Å². The Morgan fingerprint density at radius 3 is 2.13 bits per heavy atom. The number of alkyl halides is 3. The van der Waals surface area contributed by atoms with Crippen LogP contribution in [0.25, 0.3) is 0 Å². The van der Waals surface area contributed by atoms with Gasteiger partial charge in [-0.2, -0.15) is 13.2 Å². The maximum absolute atomic E-state index is 11.9. The SMILES string of the molecule is CC(C(=O)O)C1(NC(=O)C(F)(F)F)CC1. The second kappa shape index (κ2) is 3.39. The van der Waals surface area contributed by atoms with Crippen molar-refractivity contribution in [1.82, 2.24) is 5.32 Å². The summed E-state index contributed by atoms with van der Waals surface area (Å²) in [5.41, 5.74) is -1.21. The largest absolute Gasteiger partial charge is 0.481 e. The Morgan fingerprint density at radius 2 is 1.87 bits per heavy atom. The van der Waals surface area contributed by atoms with Crippen LogP contribution in [0.4, 0.5) is 13.2 Å². The zero-order chi connectivity index (χ0) is 11.9. The standard InChI is InChI=1S/C8H10F3NO3/c1-4(5(13)14)7(2-3-7)12-6(15)8(9,10)11/h4H,2-3H2,1H3,(H,12,15)(H,13,14). The van der Waals surface area contributed by atoms with Gasteiger partial charge in [0.25, 0.3) is 0 Å². The van der Waals surface area contributed by atoms with Gasteiger partial charge in [0.1, 0.15) is 0 Å². The Bertz CT molecular complexity index is 296. The van der Waals surface area contributed by atoms with Gasteiger partial charge in [-0.05, 0) is 19.8 Å². The van der Waals surface area contributed by atoms with Crippen LogP contribution in [0.3, 0.4) is 0 Å². The van der Waals surface area contributed by atoms with Gasteiger partial charge < -0.3 is 10.4 Å². The fourth-order valence-electron chi connectivity index (χ4n) is 1.33. The number of rotatable bonds is 3. The monoisotopic (exact) mass is 225 g/mol. The second-order valence-corrected chi connectivity index (χ2v) is 3.67. The molecular weight excluding hydrogens is 215 g/mol. The first kappa shape index (κ1) is 11.8. The minimum atomic E-state index is -4.96. The van der Waals surface area contributed by atoms with Crippen LogP contribution in [-0.2, 0) is 9.59 Å². The van der Waals surface area contributed by atoms with Crippen molar-refractivity contribution in [3.05, 3.63) is 0 Å². The molecule has 1 aliphatic carbocycles. The zero-order valence-electron chi connectivity index (χ0n) is 7.89. The number of amides is 1. The van der Waals surface area contributed by atoms with Crippen molar-refractivity contribution in [2.75, 3.05) is 0 Å². The maximum Gasteiger partial charge on any atom is 0.471 e. The molecule has 0 aliphatic heterocycles. The molecule has 0 aromatic rings. The van der Waals surface area contributed by atoms with Crippen LogP contribution >= 0.6 is 0 Å². The maximum atomic E-state index is 11.9. The molecule has 1 fully saturated rings. The van der Waals surface area contributed by atoms with Gasteiger partial charge in [0.2, 0.25) is 0 Å². The molecule has 4 nitrogen and oxygen atoms in total. The summed E-state index contributed by atoms with van der Waals surface area (Å²) in [6.07, 6.45) is -4.43. The Morgan fingerprint density at radius 1 is 1.40 bits per heavy atom. The van der Waals surface area contributed by atoms with Gasteiger partial charge in [-0.15, -0.1) is 0 Å². The number of hydrogen-bond acceptors (Lipinski definition) is 2. The van der Waals surface area contributed by atoms with Crippen LogP contribution in [0.2, 0.25) is 0 Å². The highest BCUT2D eigenvalue weighted by molar-refractivity contribution is 5.84. The van der Waals surface area contributed by atoms with Crippen LogP contribution in [0.15, 0.2) is 0 Å². The molecule has 1 atom stereocenters. The molecule has 0 radical (unpaired) electrons. The van der Waals surface area contributed by atoms with E-state index in [1.807, 2.05) is 0 Å². The molecule has 15 heavy (non-hydrogen) atoms. The molecule has 0 spiro atoms. The van der Waals surface area contributed by atoms with E-state index in [9.17, 15) is 22.8 Å². The lowest BCUT2D eigenvalue weighted by molar-refractivity contribution is -0.175. The highest BCUT2D eigenvalue weighted by Gasteiger charge is 2.55. The molecule has 1 unspecified atom stereocenters. The van der Waals surface area contributed by atoms with Gasteiger partial charge in [-0.3, -0.25) is 9.59 Å². The predicted molar refractivity (Wildman–Crippen MR) is 43.0 cm³/mol. The molecule has 1 amide bonds. The fourth-order valence-corrected chi connectivity index (χ4v) is 1.33. The highest BCUT2D eigenvalue weighted by Crippen LogP contribution is 2.43. The Kier molecular flexibility index (Phi) is 2.67. The summed E-state index contributed by atoms with van der Waals surface area (Å²) >= 11 is 0. The lowest BCUT2D eigenvalue weighted by Crippen LogP contribution is -2.49. The Balaban J connectivity index is 2.66. The summed E-state index contributed by atoms with van der Waals surface area (Å²) in [4.78, 5) is 21.2. The van der Waals surface area contributed by atoms with Gasteiger partial charge >= 0.3 is 18.1 Å². The normalized spacial score (nSPS) is 20.5. The first-order valence-electron chi connectivity index (χ1n) is 4.31. The minimum absolute atomic E-state index is 0.266. The van der Waals surface area contributed by atoms with Crippen molar-refractivity contribution in [2.24, 2.45) is 5.92 Å². The van der Waals surface area contributed by atoms with E-state index >= 15 is 0 Å². The summed E-state index contributed by atoms with van der Waals surface area (Å²) in [5, 5.41) is 10.4. The first-order chi connectivity index (χ1) is 6.69. The van der Waals surface area contributed by atoms with Crippen LogP contribution in [0, 0.1) is 5.92 Å². The topological polar surface area (TPSA) is 66.4 Å². The quantitative estimate of drug-likeness (QED) is 0.750. The smallest absolute Gasteiger partial charge is 0.471 e. The average Bonchev–Trinajstić information content (AvgIpc) is 2.82. The van der Waals surface area contributed by atoms with Crippen LogP contribution < -0.4 is 5.32 Å². The molecule has 7 heteroatoms. The van der Waals surface area contributed by atoms with E-state index in [0.29, 0.717) is 0 Å². The number of nitrogens with one attached hydrogen (secondary N) is 1. The molecule has 0 aromatic carbocycles. The second-order valence-electron chi connectivity index (χ2n) is 3.67. The van der Waals surface area contributed by atoms with E-state index in [1.165, 1.54) is 6.92 Å². The predicted octanol–water partition coefficient (Wildman–Crippen LogP) is 0.918. The number of carboxylic acids is 1. The molecule has 0 aromatic heterocycles. The molecular formula is C8H10F3NO3. The van der Waals surface area contributed by atoms with Crippen LogP contribution in [-0.4, -0.2) is 28.7 Å². The number of carbonyl (C=O) groups excluding carboxylic acids is 1. The summed E-state index contributed by atoms with van der Waals surface area (Å²) in [6.45, 7) is 1.28. The van der Waals surface area contributed by atoms with Crippen molar-refractivity contribution >= 4 is 11.9 Å². The summed E-state index contributed by atoms with van der Waals surface area (Å²) in [6, 6.07) is 0. The zero-order valence-corrected chi connectivity index (χ0v) is 7.89. The van der Waals surface area contributed by atoms with E-state index in [-0.39, 0.29) is 12.8 Å². The lowest BCUT2D eigenvalue weighted by atomic mass is 10.00. The first-order valence-corrected chi connectivity index (χ1v) is 4.31. The third kappa shape index (κ3) is 2.40. The third-order valence-corrected chi connectivity index (χ3v) is 2.61. The number of hydrogen-bond donors (Lipinski definition) is 2. The van der Waals surface area contributed by atoms with Crippen molar-refractivity contribution < 1.29 is 27.9 Å². The van der Waals surface area contributed by atoms with Crippen molar-refractivity contribution in [2.45, 2.75) is 31.5 Å². The third-order valence-electron chi connectivity index (χ3n) is 2.61. The molecule has 0 heterocycles. The van der Waals surface area contributed by atoms with Crippen molar-refractivity contribution in [3.63, 3.8) is 0 Å². The molecule has 86 valence electrons. The summed E-state index contributed by atoms with van der Waals surface area (Å²) < 4.78 is 35.7. The highest BCUT2D eigenvalue weighted by atomic mass is 19.4. The molecule has 2 N–H and O–H groups in total. The molecule has 1 saturated carbocycles. The number of carboxylic acid groups (broad SMARTS) is 1. The Labute approximate surface area is 83.5 Å². The van der Waals surface area contributed by atoms with Crippen LogP contribution in [0.5, 0.6) is 0 Å². The molecule has 0 saturated heterocycles. The molecule has 0 bridgehead atoms. The summed E-state index contributed by atoms with van der Waals surface area (Å²) in [5.74, 6) is -4.30. The van der Waals surface area contributed by atoms with Gasteiger partial charge in [0.05, 0.1) is 11.5 Å². The average molecular weight is 225 g/mol. The lowest BCUT2D eigenvalue weighted by Gasteiger charge is -2.22. The molecule has 1 rings (SSSR count). The van der Waals surface area contributed by atoms with Crippen molar-refractivity contribution in [1.29, 1.82) is 0 Å². The number of aliphatic carboxylic acids is 1. The van der Waals surface area contributed by atoms with Gasteiger partial charge in [-0.25, -0.2) is 0 Å². The summed E-state index contributed by atoms with van der Waals surface area (Å²) in [7, 11) is 0. The number of halogens is 3. The van der Waals surface area contributed by atoms with Gasteiger partial charge in [0, 0.05) is 0 Å². The fraction of sp³-hybridized carbons (Fsp3) is 0.750.